The van der Waals surface area contributed by atoms with Crippen LogP contribution in [-0.2, 0) is 0 Å². The molecule has 0 aliphatic heterocycles. The molecule has 3 rings (SSSR count). The van der Waals surface area contributed by atoms with Gasteiger partial charge in [-0.15, -0.1) is 0 Å². The number of nitrogens with one attached hydrogen (secondary N) is 1. The number of nitrogens with zero attached hydrogens (tertiary/aromatic N) is 3. The zero-order valence-corrected chi connectivity index (χ0v) is 15.0. The number of carbonyl (C=O) groups excluding carboxylic acids is 2. The lowest BCUT2D eigenvalue weighted by molar-refractivity contribution is 0.102. The average Bonchev–Trinajstić information content (AvgIpc) is 2.75. The summed E-state index contributed by atoms with van der Waals surface area (Å²) in [6, 6.07) is 20.5. The van der Waals surface area contributed by atoms with Crippen molar-refractivity contribution in [2.45, 2.75) is 0 Å². The third-order valence-electron chi connectivity index (χ3n) is 3.86. The molecule has 0 spiro atoms. The number of carbonyl (C=O) groups is 2. The number of aromatic nitrogens is 1. The SMILES string of the molecule is CN(C(=O)Oc1ccc(NC(=O)c2cccc(C#N)c2)cn1)c1ccccc1. The predicted molar refractivity (Wildman–Crippen MR) is 104 cm³/mol. The van der Waals surface area contributed by atoms with Crippen molar-refractivity contribution in [3.05, 3.63) is 84.1 Å². The van der Waals surface area contributed by atoms with Gasteiger partial charge in [0.15, 0.2) is 0 Å². The fourth-order valence-corrected chi connectivity index (χ4v) is 2.36. The maximum atomic E-state index is 12.3. The first-order chi connectivity index (χ1) is 13.6. The first kappa shape index (κ1) is 18.6. The molecule has 1 aromatic heterocycles. The summed E-state index contributed by atoms with van der Waals surface area (Å²) in [4.78, 5) is 29.8. The molecule has 2 amide bonds. The molecule has 0 radical (unpaired) electrons. The number of nitriles is 1. The van der Waals surface area contributed by atoms with Crippen LogP contribution in [-0.4, -0.2) is 24.0 Å². The summed E-state index contributed by atoms with van der Waals surface area (Å²) in [7, 11) is 1.60. The number of benzene rings is 2. The summed E-state index contributed by atoms with van der Waals surface area (Å²) >= 11 is 0. The largest absolute Gasteiger partial charge is 0.420 e. The quantitative estimate of drug-likeness (QED) is 0.751. The van der Waals surface area contributed by atoms with Gasteiger partial charge in [0.2, 0.25) is 5.88 Å². The second kappa shape index (κ2) is 8.47. The van der Waals surface area contributed by atoms with Crippen molar-refractivity contribution in [1.82, 2.24) is 4.98 Å². The summed E-state index contributed by atoms with van der Waals surface area (Å²) in [5.41, 5.74) is 1.88. The molecule has 7 heteroatoms. The van der Waals surface area contributed by atoms with Crippen LogP contribution in [0.15, 0.2) is 72.9 Å². The van der Waals surface area contributed by atoms with Crippen LogP contribution in [0.3, 0.4) is 0 Å². The van der Waals surface area contributed by atoms with Crippen molar-refractivity contribution in [2.24, 2.45) is 0 Å². The topological polar surface area (TPSA) is 95.3 Å². The van der Waals surface area contributed by atoms with Crippen LogP contribution in [0.5, 0.6) is 5.88 Å². The summed E-state index contributed by atoms with van der Waals surface area (Å²) in [5.74, 6) is -0.260. The second-order valence-electron chi connectivity index (χ2n) is 5.79. The number of para-hydroxylation sites is 1. The minimum absolute atomic E-state index is 0.109. The summed E-state index contributed by atoms with van der Waals surface area (Å²) in [6.07, 6.45) is 0.806. The Morgan fingerprint density at radius 2 is 1.86 bits per heavy atom. The summed E-state index contributed by atoms with van der Waals surface area (Å²) in [5, 5.41) is 11.6. The number of amides is 2. The lowest BCUT2D eigenvalue weighted by Gasteiger charge is -2.16. The van der Waals surface area contributed by atoms with Gasteiger partial charge >= 0.3 is 6.09 Å². The van der Waals surface area contributed by atoms with E-state index < -0.39 is 6.09 Å². The molecular weight excluding hydrogens is 356 g/mol. The Kier molecular flexibility index (Phi) is 5.63. The number of hydrogen-bond donors (Lipinski definition) is 1. The highest BCUT2D eigenvalue weighted by atomic mass is 16.6. The van der Waals surface area contributed by atoms with E-state index in [4.69, 9.17) is 10.00 Å². The van der Waals surface area contributed by atoms with Gasteiger partial charge in [-0.2, -0.15) is 5.26 Å². The number of anilines is 2. The van der Waals surface area contributed by atoms with Crippen molar-refractivity contribution in [1.29, 1.82) is 5.26 Å². The van der Waals surface area contributed by atoms with Gasteiger partial charge in [-0.1, -0.05) is 24.3 Å². The zero-order chi connectivity index (χ0) is 19.9. The Morgan fingerprint density at radius 1 is 1.07 bits per heavy atom. The molecule has 0 saturated carbocycles. The molecule has 0 atom stereocenters. The number of rotatable bonds is 4. The molecule has 3 aromatic rings. The van der Waals surface area contributed by atoms with E-state index in [0.717, 1.165) is 0 Å². The Bertz CT molecular complexity index is 1030. The van der Waals surface area contributed by atoms with Gasteiger partial charge in [0.25, 0.3) is 5.91 Å². The molecular formula is C21H16N4O3. The monoisotopic (exact) mass is 372 g/mol. The van der Waals surface area contributed by atoms with Crippen LogP contribution in [0.1, 0.15) is 15.9 Å². The highest BCUT2D eigenvalue weighted by Crippen LogP contribution is 2.16. The van der Waals surface area contributed by atoms with Crippen LogP contribution in [0.25, 0.3) is 0 Å². The third-order valence-corrected chi connectivity index (χ3v) is 3.86. The van der Waals surface area contributed by atoms with Crippen molar-refractivity contribution >= 4 is 23.4 Å². The van der Waals surface area contributed by atoms with E-state index in [1.807, 2.05) is 24.3 Å². The van der Waals surface area contributed by atoms with Gasteiger partial charge in [-0.25, -0.2) is 9.78 Å². The standard InChI is InChI=1S/C21H16N4O3/c1-25(18-8-3-2-4-9-18)21(27)28-19-11-10-17(14-23-19)24-20(26)16-7-5-6-15(12-16)13-22/h2-12,14H,1H3,(H,24,26). The van der Waals surface area contributed by atoms with Gasteiger partial charge in [-0.3, -0.25) is 9.69 Å². The first-order valence-electron chi connectivity index (χ1n) is 8.35. The molecule has 1 heterocycles. The Balaban J connectivity index is 1.62. The van der Waals surface area contributed by atoms with Crippen LogP contribution in [0.2, 0.25) is 0 Å². The molecule has 0 aliphatic rings. The van der Waals surface area contributed by atoms with Gasteiger partial charge in [0.1, 0.15) is 0 Å². The third kappa shape index (κ3) is 4.51. The van der Waals surface area contributed by atoms with Crippen LogP contribution >= 0.6 is 0 Å². The van der Waals surface area contributed by atoms with E-state index in [0.29, 0.717) is 22.5 Å². The number of pyridine rings is 1. The highest BCUT2D eigenvalue weighted by Gasteiger charge is 2.14. The fraction of sp³-hybridized carbons (Fsp3) is 0.0476. The molecule has 0 bridgehead atoms. The van der Waals surface area contributed by atoms with Crippen molar-refractivity contribution < 1.29 is 14.3 Å². The molecule has 0 unspecified atom stereocenters. The Labute approximate surface area is 161 Å². The van der Waals surface area contributed by atoms with Crippen molar-refractivity contribution in [2.75, 3.05) is 17.3 Å². The smallest absolute Gasteiger partial charge is 0.391 e. The van der Waals surface area contributed by atoms with Gasteiger partial charge in [-0.05, 0) is 36.4 Å². The average molecular weight is 372 g/mol. The first-order valence-corrected chi connectivity index (χ1v) is 8.35. The van der Waals surface area contributed by atoms with E-state index in [1.54, 1.807) is 43.4 Å². The molecule has 0 saturated heterocycles. The molecule has 1 N–H and O–H groups in total. The van der Waals surface area contributed by atoms with Gasteiger partial charge in [0.05, 0.1) is 23.5 Å². The lowest BCUT2D eigenvalue weighted by Crippen LogP contribution is -2.29. The summed E-state index contributed by atoms with van der Waals surface area (Å²) < 4.78 is 5.23. The van der Waals surface area contributed by atoms with Crippen LogP contribution in [0.4, 0.5) is 16.2 Å². The molecule has 138 valence electrons. The van der Waals surface area contributed by atoms with E-state index in [-0.39, 0.29) is 11.8 Å². The molecule has 2 aromatic carbocycles. The lowest BCUT2D eigenvalue weighted by atomic mass is 10.1. The Morgan fingerprint density at radius 3 is 2.54 bits per heavy atom. The van der Waals surface area contributed by atoms with Crippen molar-refractivity contribution in [3.63, 3.8) is 0 Å². The van der Waals surface area contributed by atoms with E-state index in [2.05, 4.69) is 10.3 Å². The minimum Gasteiger partial charge on any atom is -0.391 e. The zero-order valence-electron chi connectivity index (χ0n) is 15.0. The van der Waals surface area contributed by atoms with Gasteiger partial charge < -0.3 is 10.1 Å². The molecule has 7 nitrogen and oxygen atoms in total. The molecule has 0 aliphatic carbocycles. The van der Waals surface area contributed by atoms with E-state index in [1.165, 1.54) is 23.2 Å². The normalized spacial score (nSPS) is 9.86. The maximum Gasteiger partial charge on any atom is 0.420 e. The number of hydrogen-bond acceptors (Lipinski definition) is 5. The molecule has 28 heavy (non-hydrogen) atoms. The predicted octanol–water partition coefficient (Wildman–Crippen LogP) is 3.84. The van der Waals surface area contributed by atoms with E-state index in [9.17, 15) is 9.59 Å². The van der Waals surface area contributed by atoms with Gasteiger partial charge in [0, 0.05) is 24.4 Å². The molecule has 0 fully saturated rings. The minimum atomic E-state index is -0.580. The van der Waals surface area contributed by atoms with Crippen LogP contribution in [0, 0.1) is 11.3 Å². The highest BCUT2D eigenvalue weighted by molar-refractivity contribution is 6.04. The van der Waals surface area contributed by atoms with Crippen LogP contribution < -0.4 is 15.0 Å². The Hall–Kier alpha value is -4.18. The number of ether oxygens (including phenoxy) is 1. The fourth-order valence-electron chi connectivity index (χ4n) is 2.36. The summed E-state index contributed by atoms with van der Waals surface area (Å²) in [6.45, 7) is 0. The van der Waals surface area contributed by atoms with Crippen molar-refractivity contribution in [3.8, 4) is 11.9 Å². The maximum absolute atomic E-state index is 12.3. The van der Waals surface area contributed by atoms with E-state index >= 15 is 0 Å². The second-order valence-corrected chi connectivity index (χ2v) is 5.79.